The van der Waals surface area contributed by atoms with E-state index < -0.39 is 21.4 Å². The number of carbonyl (C=O) groups is 2. The molecular weight excluding hydrogens is 512 g/mol. The van der Waals surface area contributed by atoms with Gasteiger partial charge in [0.2, 0.25) is 11.6 Å². The van der Waals surface area contributed by atoms with Gasteiger partial charge in [0.15, 0.2) is 0 Å². The molecule has 0 N–H and O–H groups in total. The van der Waals surface area contributed by atoms with Crippen LogP contribution in [0.1, 0.15) is 20.7 Å². The summed E-state index contributed by atoms with van der Waals surface area (Å²) in [6.45, 7) is 0. The first-order valence-electron chi connectivity index (χ1n) is 12.1. The number of rotatable bonds is 10. The smallest absolute Gasteiger partial charge is 0.269 e. The lowest BCUT2D eigenvalue weighted by Crippen LogP contribution is -2.34. The molecule has 0 aliphatic heterocycles. The fourth-order valence-electron chi connectivity index (χ4n) is 4.14. The van der Waals surface area contributed by atoms with Crippen LogP contribution in [0, 0.1) is 20.2 Å². The minimum atomic E-state index is -0.562. The molecule has 0 fully saturated rings. The molecule has 0 radical (unpaired) electrons. The number of allylic oxidation sites excluding steroid dienone is 2. The number of hydrogen-bond donors (Lipinski definition) is 0. The highest BCUT2D eigenvalue weighted by atomic mass is 16.6. The maximum atomic E-state index is 14.2. The van der Waals surface area contributed by atoms with E-state index in [1.165, 1.54) is 48.5 Å². The van der Waals surface area contributed by atoms with E-state index in [9.17, 15) is 29.8 Å². The molecule has 0 heterocycles. The lowest BCUT2D eigenvalue weighted by Gasteiger charge is -2.30. The maximum absolute atomic E-state index is 14.2. The third-order valence-electron chi connectivity index (χ3n) is 6.29. The van der Waals surface area contributed by atoms with Gasteiger partial charge in [-0.15, -0.1) is 0 Å². The normalized spacial score (nSPS) is 11.2. The van der Waals surface area contributed by atoms with E-state index in [0.29, 0.717) is 11.4 Å². The van der Waals surface area contributed by atoms with E-state index in [1.54, 1.807) is 72.4 Å². The molecule has 4 rings (SSSR count). The molecule has 0 atom stereocenters. The van der Waals surface area contributed by atoms with Crippen molar-refractivity contribution in [2.75, 3.05) is 23.9 Å². The molecule has 0 bridgehead atoms. The maximum Gasteiger partial charge on any atom is 0.269 e. The van der Waals surface area contributed by atoms with Crippen molar-refractivity contribution in [1.82, 2.24) is 0 Å². The lowest BCUT2D eigenvalue weighted by molar-refractivity contribution is -0.385. The third-order valence-corrected chi connectivity index (χ3v) is 6.29. The Morgan fingerprint density at radius 2 is 0.825 bits per heavy atom. The SMILES string of the molecule is CN(/C(C(=O)c1ccc([N+](=O)[O-])cc1)=C(/C(=O)c1ccc([N+](=O)[O-])cc1)N(C)c1ccccc1)c1ccccc1. The Bertz CT molecular complexity index is 1460. The number of Topliss-reactive ketones (excluding diaryl/α,β-unsaturated/α-hetero) is 2. The first-order chi connectivity index (χ1) is 19.2. The van der Waals surface area contributed by atoms with Gasteiger partial charge in [-0.05, 0) is 48.5 Å². The minimum Gasteiger partial charge on any atom is -0.340 e. The Hall–Kier alpha value is -5.64. The number of non-ortho nitro benzene ring substituents is 2. The summed E-state index contributed by atoms with van der Waals surface area (Å²) in [6, 6.07) is 28.2. The summed E-state index contributed by atoms with van der Waals surface area (Å²) in [5.41, 5.74) is 1.16. The van der Waals surface area contributed by atoms with Crippen molar-refractivity contribution in [3.8, 4) is 0 Å². The molecule has 0 aromatic heterocycles. The van der Waals surface area contributed by atoms with Crippen LogP contribution in [0.4, 0.5) is 22.7 Å². The van der Waals surface area contributed by atoms with Crippen molar-refractivity contribution in [2.24, 2.45) is 0 Å². The summed E-state index contributed by atoms with van der Waals surface area (Å²) in [4.78, 5) is 52.7. The van der Waals surface area contributed by atoms with E-state index in [4.69, 9.17) is 0 Å². The number of hydrogen-bond acceptors (Lipinski definition) is 8. The van der Waals surface area contributed by atoms with E-state index in [-0.39, 0.29) is 33.9 Å². The number of nitro groups is 2. The Morgan fingerprint density at radius 3 is 1.10 bits per heavy atom. The second-order valence-electron chi connectivity index (χ2n) is 8.75. The first kappa shape index (κ1) is 27.4. The van der Waals surface area contributed by atoms with Crippen LogP contribution in [-0.2, 0) is 0 Å². The van der Waals surface area contributed by atoms with Gasteiger partial charge >= 0.3 is 0 Å². The number of anilines is 2. The van der Waals surface area contributed by atoms with Crippen molar-refractivity contribution in [2.45, 2.75) is 0 Å². The summed E-state index contributed by atoms with van der Waals surface area (Å²) in [6.07, 6.45) is 0. The van der Waals surface area contributed by atoms with Gasteiger partial charge in [0.25, 0.3) is 11.4 Å². The molecule has 0 amide bonds. The molecule has 0 spiro atoms. The minimum absolute atomic E-state index is 0.00904. The summed E-state index contributed by atoms with van der Waals surface area (Å²) in [7, 11) is 3.30. The number of para-hydroxylation sites is 2. The number of carbonyl (C=O) groups excluding carboxylic acids is 2. The van der Waals surface area contributed by atoms with Crippen LogP contribution in [0.5, 0.6) is 0 Å². The standard InChI is InChI=1S/C30H24N4O6/c1-31(23-9-5-3-6-10-23)27(29(35)21-13-17-25(18-14-21)33(37)38)28(32(2)24-11-7-4-8-12-24)30(36)22-15-19-26(20-16-22)34(39)40/h3-20H,1-2H3/b28-27-. The molecule has 200 valence electrons. The molecule has 0 aliphatic rings. The number of ketones is 2. The molecule has 10 nitrogen and oxygen atoms in total. The predicted molar refractivity (Wildman–Crippen MR) is 152 cm³/mol. The van der Waals surface area contributed by atoms with Gasteiger partial charge in [0.05, 0.1) is 9.85 Å². The predicted octanol–water partition coefficient (Wildman–Crippen LogP) is 6.05. The van der Waals surface area contributed by atoms with Crippen LogP contribution in [0.25, 0.3) is 0 Å². The van der Waals surface area contributed by atoms with E-state index in [0.717, 1.165) is 0 Å². The fourth-order valence-corrected chi connectivity index (χ4v) is 4.14. The van der Waals surface area contributed by atoms with E-state index >= 15 is 0 Å². The summed E-state index contributed by atoms with van der Waals surface area (Å²) in [5.74, 6) is -1.09. The van der Waals surface area contributed by atoms with Crippen LogP contribution in [0.2, 0.25) is 0 Å². The molecule has 0 unspecified atom stereocenters. The zero-order valence-corrected chi connectivity index (χ0v) is 21.6. The summed E-state index contributed by atoms with van der Waals surface area (Å²) >= 11 is 0. The van der Waals surface area contributed by atoms with Gasteiger partial charge in [0.1, 0.15) is 11.4 Å². The Kier molecular flexibility index (Phi) is 8.10. The highest BCUT2D eigenvalue weighted by Crippen LogP contribution is 2.30. The van der Waals surface area contributed by atoms with Gasteiger partial charge in [-0.25, -0.2) is 0 Å². The van der Waals surface area contributed by atoms with Gasteiger partial charge in [-0.1, -0.05) is 36.4 Å². The van der Waals surface area contributed by atoms with Crippen molar-refractivity contribution in [3.63, 3.8) is 0 Å². The van der Waals surface area contributed by atoms with Crippen LogP contribution < -0.4 is 9.80 Å². The highest BCUT2D eigenvalue weighted by molar-refractivity contribution is 6.20. The second kappa shape index (κ2) is 11.8. The Labute approximate surface area is 229 Å². The van der Waals surface area contributed by atoms with E-state index in [2.05, 4.69) is 0 Å². The average molecular weight is 537 g/mol. The largest absolute Gasteiger partial charge is 0.340 e. The van der Waals surface area contributed by atoms with E-state index in [1.807, 2.05) is 12.1 Å². The van der Waals surface area contributed by atoms with Gasteiger partial charge in [-0.2, -0.15) is 0 Å². The number of likely N-dealkylation sites (N-methyl/N-ethyl adjacent to an activating group) is 2. The van der Waals surface area contributed by atoms with Crippen LogP contribution in [0.3, 0.4) is 0 Å². The zero-order chi connectivity index (χ0) is 28.8. The third kappa shape index (κ3) is 5.76. The molecule has 0 aliphatic carbocycles. The number of nitro benzene ring substituents is 2. The summed E-state index contributed by atoms with van der Waals surface area (Å²) in [5, 5.41) is 22.4. The van der Waals surface area contributed by atoms with Crippen molar-refractivity contribution in [1.29, 1.82) is 0 Å². The lowest BCUT2D eigenvalue weighted by atomic mass is 9.99. The highest BCUT2D eigenvalue weighted by Gasteiger charge is 2.30. The summed E-state index contributed by atoms with van der Waals surface area (Å²) < 4.78 is 0. The fraction of sp³-hybridized carbons (Fsp3) is 0.0667. The van der Waals surface area contributed by atoms with Crippen molar-refractivity contribution in [3.05, 3.63) is 152 Å². The molecule has 40 heavy (non-hydrogen) atoms. The van der Waals surface area contributed by atoms with Gasteiger partial charge in [0, 0.05) is 60.9 Å². The first-order valence-corrected chi connectivity index (χ1v) is 12.1. The van der Waals surface area contributed by atoms with Crippen molar-refractivity contribution >= 4 is 34.3 Å². The molecule has 10 heteroatoms. The van der Waals surface area contributed by atoms with Crippen LogP contribution in [0.15, 0.2) is 121 Å². The topological polar surface area (TPSA) is 127 Å². The number of benzene rings is 4. The number of nitrogens with zero attached hydrogens (tertiary/aromatic N) is 4. The average Bonchev–Trinajstić information content (AvgIpc) is 2.99. The van der Waals surface area contributed by atoms with Crippen LogP contribution in [-0.4, -0.2) is 35.5 Å². The molecule has 0 saturated heterocycles. The molecular formula is C30H24N4O6. The monoisotopic (exact) mass is 536 g/mol. The Balaban J connectivity index is 1.98. The second-order valence-corrected chi connectivity index (χ2v) is 8.75. The van der Waals surface area contributed by atoms with Gasteiger partial charge in [-0.3, -0.25) is 29.8 Å². The Morgan fingerprint density at radius 1 is 0.525 bits per heavy atom. The van der Waals surface area contributed by atoms with Crippen LogP contribution >= 0.6 is 0 Å². The molecule has 0 saturated carbocycles. The van der Waals surface area contributed by atoms with Crippen molar-refractivity contribution < 1.29 is 19.4 Å². The zero-order valence-electron chi connectivity index (χ0n) is 21.6. The quantitative estimate of drug-likeness (QED) is 0.104. The van der Waals surface area contributed by atoms with Gasteiger partial charge < -0.3 is 9.80 Å². The molecule has 4 aromatic rings. The molecule has 4 aromatic carbocycles.